The standard InChI is InChI=1S/C26H29N5O6/c1-16-13-30(25(35)27-23(16)33)22-11-20(21(15-32)36-22)31-14-19(28-29-31)10-6-7-17-12-26(2,37-24(17)34)18-8-4-3-5-9-18/h3-5,8-9,12-14,20-22,32H,6-7,10-11,15H2,1-2H3,(H,27,33,35)/t20-,21+,22+,26-/m0/s1. The van der Waals surface area contributed by atoms with E-state index in [0.29, 0.717) is 36.8 Å². The number of hydrogen-bond acceptors (Lipinski definition) is 8. The smallest absolute Gasteiger partial charge is 0.335 e. The lowest BCUT2D eigenvalue weighted by molar-refractivity contribution is -0.146. The first-order valence-corrected chi connectivity index (χ1v) is 12.3. The Morgan fingerprint density at radius 2 is 1.95 bits per heavy atom. The van der Waals surface area contributed by atoms with Crippen molar-refractivity contribution in [3.05, 3.63) is 92.0 Å². The molecule has 37 heavy (non-hydrogen) atoms. The number of cyclic esters (lactones) is 1. The molecule has 11 nitrogen and oxygen atoms in total. The molecule has 2 aromatic heterocycles. The number of nitrogens with zero attached hydrogens (tertiary/aromatic N) is 4. The molecule has 0 spiro atoms. The summed E-state index contributed by atoms with van der Waals surface area (Å²) in [5, 5.41) is 18.4. The van der Waals surface area contributed by atoms with E-state index in [2.05, 4.69) is 15.3 Å². The van der Waals surface area contributed by atoms with E-state index in [4.69, 9.17) is 9.47 Å². The van der Waals surface area contributed by atoms with Crippen molar-refractivity contribution < 1.29 is 19.4 Å². The zero-order chi connectivity index (χ0) is 26.2. The van der Waals surface area contributed by atoms with E-state index < -0.39 is 29.2 Å². The third kappa shape index (κ3) is 4.92. The van der Waals surface area contributed by atoms with Crippen LogP contribution in [0.5, 0.6) is 0 Å². The summed E-state index contributed by atoms with van der Waals surface area (Å²) in [5.41, 5.74) is 0.933. The van der Waals surface area contributed by atoms with Gasteiger partial charge in [0, 0.05) is 30.0 Å². The third-order valence-electron chi connectivity index (χ3n) is 6.98. The van der Waals surface area contributed by atoms with Crippen LogP contribution >= 0.6 is 0 Å². The van der Waals surface area contributed by atoms with Gasteiger partial charge in [-0.2, -0.15) is 0 Å². The molecular weight excluding hydrogens is 478 g/mol. The van der Waals surface area contributed by atoms with Gasteiger partial charge in [0.2, 0.25) is 0 Å². The van der Waals surface area contributed by atoms with Crippen LogP contribution < -0.4 is 11.2 Å². The summed E-state index contributed by atoms with van der Waals surface area (Å²) in [4.78, 5) is 38.7. The van der Waals surface area contributed by atoms with Gasteiger partial charge < -0.3 is 14.6 Å². The number of benzene rings is 1. The summed E-state index contributed by atoms with van der Waals surface area (Å²) in [5.74, 6) is -0.303. The van der Waals surface area contributed by atoms with Gasteiger partial charge in [-0.25, -0.2) is 14.3 Å². The summed E-state index contributed by atoms with van der Waals surface area (Å²) in [6.45, 7) is 3.23. The molecule has 1 fully saturated rings. The van der Waals surface area contributed by atoms with Gasteiger partial charge >= 0.3 is 11.7 Å². The molecule has 4 atom stereocenters. The lowest BCUT2D eigenvalue weighted by Gasteiger charge is -2.21. The van der Waals surface area contributed by atoms with Crippen molar-refractivity contribution in [1.82, 2.24) is 24.5 Å². The van der Waals surface area contributed by atoms with Gasteiger partial charge in [-0.1, -0.05) is 35.5 Å². The van der Waals surface area contributed by atoms with Crippen molar-refractivity contribution in [2.45, 2.75) is 63.5 Å². The Morgan fingerprint density at radius 3 is 2.70 bits per heavy atom. The highest BCUT2D eigenvalue weighted by Crippen LogP contribution is 2.37. The van der Waals surface area contributed by atoms with Crippen molar-refractivity contribution in [2.75, 3.05) is 6.61 Å². The van der Waals surface area contributed by atoms with Gasteiger partial charge in [0.05, 0.1) is 18.3 Å². The molecule has 11 heteroatoms. The van der Waals surface area contributed by atoms with Crippen molar-refractivity contribution in [1.29, 1.82) is 0 Å². The summed E-state index contributed by atoms with van der Waals surface area (Å²) in [7, 11) is 0. The first-order valence-electron chi connectivity index (χ1n) is 12.3. The lowest BCUT2D eigenvalue weighted by Crippen LogP contribution is -2.33. The second kappa shape index (κ2) is 9.91. The zero-order valence-corrected chi connectivity index (χ0v) is 20.7. The van der Waals surface area contributed by atoms with Crippen molar-refractivity contribution in [2.24, 2.45) is 0 Å². The number of nitrogens with one attached hydrogen (secondary N) is 1. The van der Waals surface area contributed by atoms with Gasteiger partial charge in [0.25, 0.3) is 5.56 Å². The second-order valence-corrected chi connectivity index (χ2v) is 9.67. The highest BCUT2D eigenvalue weighted by atomic mass is 16.6. The molecule has 0 bridgehead atoms. The van der Waals surface area contributed by atoms with E-state index >= 15 is 0 Å². The minimum absolute atomic E-state index is 0.260. The number of hydrogen-bond donors (Lipinski definition) is 2. The van der Waals surface area contributed by atoms with Crippen LogP contribution in [0, 0.1) is 6.92 Å². The fourth-order valence-electron chi connectivity index (χ4n) is 4.94. The molecule has 2 N–H and O–H groups in total. The van der Waals surface area contributed by atoms with E-state index in [0.717, 1.165) is 11.3 Å². The Hall–Kier alpha value is -3.83. The molecule has 0 saturated carbocycles. The first kappa shape index (κ1) is 24.8. The molecule has 2 aliphatic rings. The normalized spacial score (nSPS) is 25.3. The molecular formula is C26H29N5O6. The number of rotatable bonds is 8. The van der Waals surface area contributed by atoms with Gasteiger partial charge in [-0.05, 0) is 44.7 Å². The number of ether oxygens (including phenoxy) is 2. The van der Waals surface area contributed by atoms with E-state index in [9.17, 15) is 19.5 Å². The largest absolute Gasteiger partial charge is 0.447 e. The average molecular weight is 508 g/mol. The fourth-order valence-corrected chi connectivity index (χ4v) is 4.94. The molecule has 5 rings (SSSR count). The third-order valence-corrected chi connectivity index (χ3v) is 6.98. The number of carbonyl (C=O) groups is 1. The average Bonchev–Trinajstić information content (AvgIpc) is 3.59. The van der Waals surface area contributed by atoms with Crippen LogP contribution in [0.4, 0.5) is 0 Å². The predicted octanol–water partition coefficient (Wildman–Crippen LogP) is 1.68. The topological polar surface area (TPSA) is 141 Å². The first-order chi connectivity index (χ1) is 17.8. The van der Waals surface area contributed by atoms with E-state index in [1.807, 2.05) is 43.3 Å². The quantitative estimate of drug-likeness (QED) is 0.439. The van der Waals surface area contributed by atoms with E-state index in [1.165, 1.54) is 10.8 Å². The maximum Gasteiger partial charge on any atom is 0.335 e. The Labute approximate surface area is 212 Å². The summed E-state index contributed by atoms with van der Waals surface area (Å²) < 4.78 is 14.6. The van der Waals surface area contributed by atoms with Crippen molar-refractivity contribution in [3.63, 3.8) is 0 Å². The Balaban J connectivity index is 1.23. The van der Waals surface area contributed by atoms with Crippen LogP contribution in [-0.2, 0) is 26.3 Å². The molecule has 4 heterocycles. The molecule has 194 valence electrons. The van der Waals surface area contributed by atoms with Crippen LogP contribution in [0.1, 0.15) is 55.3 Å². The predicted molar refractivity (Wildman–Crippen MR) is 132 cm³/mol. The highest BCUT2D eigenvalue weighted by molar-refractivity contribution is 5.91. The minimum atomic E-state index is -0.762. The van der Waals surface area contributed by atoms with Crippen LogP contribution in [-0.4, -0.2) is 48.3 Å². The second-order valence-electron chi connectivity index (χ2n) is 9.67. The number of aryl methyl sites for hydroxylation is 2. The number of aromatic nitrogens is 5. The molecule has 1 aromatic carbocycles. The summed E-state index contributed by atoms with van der Waals surface area (Å²) >= 11 is 0. The maximum atomic E-state index is 12.5. The Morgan fingerprint density at radius 1 is 1.16 bits per heavy atom. The fraction of sp³-hybridized carbons (Fsp3) is 0.423. The monoisotopic (exact) mass is 507 g/mol. The van der Waals surface area contributed by atoms with Crippen molar-refractivity contribution >= 4 is 5.97 Å². The number of aliphatic hydroxyl groups excluding tert-OH is 1. The van der Waals surface area contributed by atoms with Crippen LogP contribution in [0.3, 0.4) is 0 Å². The highest BCUT2D eigenvalue weighted by Gasteiger charge is 2.39. The molecule has 0 amide bonds. The molecule has 0 aliphatic carbocycles. The summed E-state index contributed by atoms with van der Waals surface area (Å²) in [6.07, 6.45) is 6.12. The maximum absolute atomic E-state index is 12.5. The number of H-pyrrole nitrogens is 1. The number of carbonyl (C=O) groups excluding carboxylic acids is 1. The lowest BCUT2D eigenvalue weighted by atomic mass is 9.94. The molecule has 2 aliphatic heterocycles. The number of esters is 1. The molecule has 0 unspecified atom stereocenters. The van der Waals surface area contributed by atoms with Crippen LogP contribution in [0.2, 0.25) is 0 Å². The van der Waals surface area contributed by atoms with Crippen LogP contribution in [0.25, 0.3) is 0 Å². The van der Waals surface area contributed by atoms with Gasteiger partial charge in [-0.3, -0.25) is 14.3 Å². The zero-order valence-electron chi connectivity index (χ0n) is 20.7. The van der Waals surface area contributed by atoms with Gasteiger partial charge in [0.15, 0.2) is 5.60 Å². The summed E-state index contributed by atoms with van der Waals surface area (Å²) in [6, 6.07) is 9.31. The number of aliphatic hydroxyl groups is 1. The molecule has 1 saturated heterocycles. The Bertz CT molecular complexity index is 1440. The minimum Gasteiger partial charge on any atom is -0.447 e. The van der Waals surface area contributed by atoms with Crippen molar-refractivity contribution in [3.8, 4) is 0 Å². The Kier molecular flexibility index (Phi) is 6.65. The molecule has 0 radical (unpaired) electrons. The van der Waals surface area contributed by atoms with Crippen LogP contribution in [0.15, 0.2) is 64.0 Å². The number of aromatic amines is 1. The van der Waals surface area contributed by atoms with Gasteiger partial charge in [0.1, 0.15) is 12.3 Å². The van der Waals surface area contributed by atoms with E-state index in [1.54, 1.807) is 17.8 Å². The van der Waals surface area contributed by atoms with E-state index in [-0.39, 0.29) is 18.6 Å². The van der Waals surface area contributed by atoms with Gasteiger partial charge in [-0.15, -0.1) is 5.10 Å². The SMILES string of the molecule is Cc1cn([C@H]2C[C@H](n3cc(CCCC4=C[C@@](C)(c5ccccc5)OC4=O)nn3)[C@@H](CO)O2)c(=O)[nH]c1=O. The molecule has 3 aromatic rings.